The molecule has 116 valence electrons. The van der Waals surface area contributed by atoms with Crippen LogP contribution in [0.15, 0.2) is 42.5 Å². The second kappa shape index (κ2) is 7.27. The first-order valence-corrected chi connectivity index (χ1v) is 7.32. The quantitative estimate of drug-likeness (QED) is 0.902. The van der Waals surface area contributed by atoms with E-state index in [1.807, 2.05) is 18.2 Å². The van der Waals surface area contributed by atoms with Crippen LogP contribution in [0.1, 0.15) is 16.7 Å². The minimum absolute atomic E-state index is 0.221. The second-order valence-corrected chi connectivity index (χ2v) is 5.66. The van der Waals surface area contributed by atoms with Crippen molar-refractivity contribution >= 4 is 17.6 Å². The molecule has 0 atom stereocenters. The maximum Gasteiger partial charge on any atom is 0.317 e. The lowest BCUT2D eigenvalue weighted by atomic mass is 10.1. The van der Waals surface area contributed by atoms with E-state index in [0.29, 0.717) is 17.1 Å². The Morgan fingerprint density at radius 2 is 2.00 bits per heavy atom. The Kier molecular flexibility index (Phi) is 5.39. The van der Waals surface area contributed by atoms with Crippen LogP contribution in [-0.2, 0) is 13.1 Å². The smallest absolute Gasteiger partial charge is 0.317 e. The van der Waals surface area contributed by atoms with E-state index in [1.165, 1.54) is 6.07 Å². The van der Waals surface area contributed by atoms with Crippen molar-refractivity contribution in [3.05, 3.63) is 70.0 Å². The zero-order valence-electron chi connectivity index (χ0n) is 12.6. The fourth-order valence-corrected chi connectivity index (χ4v) is 2.25. The van der Waals surface area contributed by atoms with Crippen molar-refractivity contribution in [1.29, 1.82) is 0 Å². The lowest BCUT2D eigenvalue weighted by Crippen LogP contribution is -2.36. The van der Waals surface area contributed by atoms with Gasteiger partial charge in [-0.25, -0.2) is 9.18 Å². The molecule has 0 saturated heterocycles. The zero-order chi connectivity index (χ0) is 16.1. The van der Waals surface area contributed by atoms with Crippen molar-refractivity contribution in [2.45, 2.75) is 20.0 Å². The van der Waals surface area contributed by atoms with Gasteiger partial charge in [0.1, 0.15) is 5.82 Å². The van der Waals surface area contributed by atoms with E-state index >= 15 is 0 Å². The number of urea groups is 1. The van der Waals surface area contributed by atoms with Gasteiger partial charge in [-0.3, -0.25) is 0 Å². The molecule has 0 aliphatic rings. The van der Waals surface area contributed by atoms with Gasteiger partial charge in [0.2, 0.25) is 0 Å². The standard InChI is InChI=1S/C17H18ClFN2O/c1-12-6-7-13(9-16(12)19)10-20-17(22)21(2)11-14-4-3-5-15(18)8-14/h3-9H,10-11H2,1-2H3,(H,20,22). The number of amides is 2. The molecule has 0 heterocycles. The average molecular weight is 321 g/mol. The van der Waals surface area contributed by atoms with E-state index in [9.17, 15) is 9.18 Å². The molecule has 0 unspecified atom stereocenters. The summed E-state index contributed by atoms with van der Waals surface area (Å²) in [7, 11) is 1.70. The molecule has 2 rings (SSSR count). The molecular formula is C17H18ClFN2O. The summed E-state index contributed by atoms with van der Waals surface area (Å²) in [5.41, 5.74) is 2.27. The Morgan fingerprint density at radius 1 is 1.23 bits per heavy atom. The largest absolute Gasteiger partial charge is 0.334 e. The van der Waals surface area contributed by atoms with E-state index in [2.05, 4.69) is 5.32 Å². The van der Waals surface area contributed by atoms with Crippen molar-refractivity contribution < 1.29 is 9.18 Å². The predicted octanol–water partition coefficient (Wildman–Crippen LogP) is 4.13. The number of hydrogen-bond acceptors (Lipinski definition) is 1. The molecule has 0 aromatic heterocycles. The van der Waals surface area contributed by atoms with E-state index in [1.54, 1.807) is 37.1 Å². The number of nitrogens with zero attached hydrogens (tertiary/aromatic N) is 1. The summed E-state index contributed by atoms with van der Waals surface area (Å²) in [5.74, 6) is -0.265. The SMILES string of the molecule is Cc1ccc(CNC(=O)N(C)Cc2cccc(Cl)c2)cc1F. The highest BCUT2D eigenvalue weighted by atomic mass is 35.5. The van der Waals surface area contributed by atoms with Crippen LogP contribution in [0.3, 0.4) is 0 Å². The number of rotatable bonds is 4. The molecule has 0 bridgehead atoms. The maximum absolute atomic E-state index is 13.5. The van der Waals surface area contributed by atoms with E-state index in [-0.39, 0.29) is 18.4 Å². The van der Waals surface area contributed by atoms with Gasteiger partial charge in [0.05, 0.1) is 0 Å². The van der Waals surface area contributed by atoms with Gasteiger partial charge in [0.15, 0.2) is 0 Å². The van der Waals surface area contributed by atoms with Gasteiger partial charge < -0.3 is 10.2 Å². The van der Waals surface area contributed by atoms with Crippen molar-refractivity contribution in [1.82, 2.24) is 10.2 Å². The fraction of sp³-hybridized carbons (Fsp3) is 0.235. The first-order valence-electron chi connectivity index (χ1n) is 6.94. The summed E-state index contributed by atoms with van der Waals surface area (Å²) in [6, 6.07) is 12.1. The van der Waals surface area contributed by atoms with E-state index in [0.717, 1.165) is 11.1 Å². The monoisotopic (exact) mass is 320 g/mol. The number of aryl methyl sites for hydroxylation is 1. The van der Waals surface area contributed by atoms with Crippen LogP contribution in [0.2, 0.25) is 5.02 Å². The Bertz CT molecular complexity index is 675. The number of benzene rings is 2. The fourth-order valence-electron chi connectivity index (χ4n) is 2.04. The predicted molar refractivity (Wildman–Crippen MR) is 86.3 cm³/mol. The lowest BCUT2D eigenvalue weighted by molar-refractivity contribution is 0.206. The molecule has 2 aromatic rings. The Labute approximate surface area is 134 Å². The molecule has 2 amide bonds. The number of hydrogen-bond donors (Lipinski definition) is 1. The van der Waals surface area contributed by atoms with Crippen LogP contribution in [0.4, 0.5) is 9.18 Å². The van der Waals surface area contributed by atoms with Gasteiger partial charge in [0.25, 0.3) is 0 Å². The minimum atomic E-state index is -0.265. The molecular weight excluding hydrogens is 303 g/mol. The molecule has 5 heteroatoms. The van der Waals surface area contributed by atoms with E-state index in [4.69, 9.17) is 11.6 Å². The van der Waals surface area contributed by atoms with Crippen molar-refractivity contribution in [2.75, 3.05) is 7.05 Å². The molecule has 0 aliphatic heterocycles. The summed E-state index contributed by atoms with van der Waals surface area (Å²) >= 11 is 5.92. The summed E-state index contributed by atoms with van der Waals surface area (Å²) < 4.78 is 13.5. The molecule has 22 heavy (non-hydrogen) atoms. The molecule has 3 nitrogen and oxygen atoms in total. The van der Waals surface area contributed by atoms with Gasteiger partial charge in [-0.15, -0.1) is 0 Å². The molecule has 0 radical (unpaired) electrons. The van der Waals surface area contributed by atoms with Gasteiger partial charge in [-0.05, 0) is 41.8 Å². The molecule has 1 N–H and O–H groups in total. The first kappa shape index (κ1) is 16.3. The summed E-state index contributed by atoms with van der Waals surface area (Å²) in [4.78, 5) is 13.6. The molecule has 0 spiro atoms. The normalized spacial score (nSPS) is 10.4. The van der Waals surface area contributed by atoms with Gasteiger partial charge in [-0.1, -0.05) is 35.9 Å². The zero-order valence-corrected chi connectivity index (χ0v) is 13.3. The van der Waals surface area contributed by atoms with Crippen LogP contribution in [0, 0.1) is 12.7 Å². The van der Waals surface area contributed by atoms with Crippen LogP contribution < -0.4 is 5.32 Å². The average Bonchev–Trinajstić information content (AvgIpc) is 2.48. The third-order valence-electron chi connectivity index (χ3n) is 3.34. The second-order valence-electron chi connectivity index (χ2n) is 5.23. The molecule has 0 fully saturated rings. The Hall–Kier alpha value is -2.07. The first-order chi connectivity index (χ1) is 10.5. The maximum atomic E-state index is 13.5. The van der Waals surface area contributed by atoms with Crippen LogP contribution in [-0.4, -0.2) is 18.0 Å². The topological polar surface area (TPSA) is 32.3 Å². The Morgan fingerprint density at radius 3 is 2.68 bits per heavy atom. The van der Waals surface area contributed by atoms with Gasteiger partial charge in [-0.2, -0.15) is 0 Å². The van der Waals surface area contributed by atoms with Crippen LogP contribution in [0.5, 0.6) is 0 Å². The number of carbonyl (C=O) groups is 1. The van der Waals surface area contributed by atoms with Crippen LogP contribution in [0.25, 0.3) is 0 Å². The number of halogens is 2. The number of nitrogens with one attached hydrogen (secondary N) is 1. The van der Waals surface area contributed by atoms with Gasteiger partial charge in [0, 0.05) is 25.2 Å². The highest BCUT2D eigenvalue weighted by molar-refractivity contribution is 6.30. The molecule has 2 aromatic carbocycles. The third-order valence-corrected chi connectivity index (χ3v) is 3.57. The van der Waals surface area contributed by atoms with Crippen molar-refractivity contribution in [2.24, 2.45) is 0 Å². The lowest BCUT2D eigenvalue weighted by Gasteiger charge is -2.18. The highest BCUT2D eigenvalue weighted by Gasteiger charge is 2.09. The number of carbonyl (C=O) groups excluding carboxylic acids is 1. The Balaban J connectivity index is 1.89. The van der Waals surface area contributed by atoms with Crippen molar-refractivity contribution in [3.63, 3.8) is 0 Å². The van der Waals surface area contributed by atoms with Crippen LogP contribution >= 0.6 is 11.6 Å². The molecule has 0 saturated carbocycles. The summed E-state index contributed by atoms with van der Waals surface area (Å²) in [6.07, 6.45) is 0. The van der Waals surface area contributed by atoms with E-state index < -0.39 is 0 Å². The van der Waals surface area contributed by atoms with Gasteiger partial charge >= 0.3 is 6.03 Å². The molecule has 0 aliphatic carbocycles. The third kappa shape index (κ3) is 4.46. The minimum Gasteiger partial charge on any atom is -0.334 e. The van der Waals surface area contributed by atoms with Crippen molar-refractivity contribution in [3.8, 4) is 0 Å². The highest BCUT2D eigenvalue weighted by Crippen LogP contribution is 2.12. The summed E-state index contributed by atoms with van der Waals surface area (Å²) in [5, 5.41) is 3.41. The summed E-state index contributed by atoms with van der Waals surface area (Å²) in [6.45, 7) is 2.45.